The third-order valence-electron chi connectivity index (χ3n) is 4.17. The molecule has 0 N–H and O–H groups in total. The Hall–Kier alpha value is -0.980. The summed E-state index contributed by atoms with van der Waals surface area (Å²) in [4.78, 5) is 0. The number of unbranched alkanes of at least 4 members (excludes halogenated alkanes) is 1. The van der Waals surface area contributed by atoms with Gasteiger partial charge in [-0.2, -0.15) is 0 Å². The van der Waals surface area contributed by atoms with E-state index in [1.165, 1.54) is 10.6 Å². The standard InChI is InChI=1S/C21H30O3P2/c1-4-7-18-21(26(22,23-5-2)24-6-3)25(19-14-10-8-11-15-19)20-16-12-9-13-17-20/h8-17,21H,4-7,18H2,1-3H3. The van der Waals surface area contributed by atoms with Crippen LogP contribution in [0.15, 0.2) is 60.7 Å². The van der Waals surface area contributed by atoms with Gasteiger partial charge in [0, 0.05) is 0 Å². The lowest BCUT2D eigenvalue weighted by atomic mass is 10.3. The van der Waals surface area contributed by atoms with Crippen molar-refractivity contribution in [2.75, 3.05) is 13.2 Å². The molecule has 0 aliphatic carbocycles. The Bertz CT molecular complexity index is 627. The minimum Gasteiger partial charge on any atom is -0.308 e. The average Bonchev–Trinajstić information content (AvgIpc) is 2.67. The van der Waals surface area contributed by atoms with Crippen LogP contribution in [0.25, 0.3) is 0 Å². The van der Waals surface area contributed by atoms with Crippen LogP contribution in [0.5, 0.6) is 0 Å². The summed E-state index contributed by atoms with van der Waals surface area (Å²) in [7, 11) is -4.07. The Balaban J connectivity index is 2.55. The molecular formula is C21H30O3P2. The second-order valence-electron chi connectivity index (χ2n) is 6.04. The molecule has 0 saturated carbocycles. The molecule has 5 heteroatoms. The summed E-state index contributed by atoms with van der Waals surface area (Å²) in [5.74, 6) is 0. The van der Waals surface area contributed by atoms with Gasteiger partial charge < -0.3 is 9.05 Å². The van der Waals surface area contributed by atoms with Crippen molar-refractivity contribution >= 4 is 26.1 Å². The lowest BCUT2D eigenvalue weighted by Gasteiger charge is -2.33. The second kappa shape index (κ2) is 11.0. The van der Waals surface area contributed by atoms with Crippen molar-refractivity contribution in [1.29, 1.82) is 0 Å². The first-order chi connectivity index (χ1) is 12.7. The van der Waals surface area contributed by atoms with Gasteiger partial charge in [0.25, 0.3) is 0 Å². The van der Waals surface area contributed by atoms with Gasteiger partial charge in [0.15, 0.2) is 0 Å². The van der Waals surface area contributed by atoms with E-state index in [4.69, 9.17) is 9.05 Å². The molecule has 0 bridgehead atoms. The monoisotopic (exact) mass is 392 g/mol. The van der Waals surface area contributed by atoms with E-state index in [1.807, 2.05) is 26.0 Å². The molecule has 2 aromatic carbocycles. The van der Waals surface area contributed by atoms with E-state index in [2.05, 4.69) is 55.5 Å². The van der Waals surface area contributed by atoms with Crippen molar-refractivity contribution in [3.63, 3.8) is 0 Å². The fraction of sp³-hybridized carbons (Fsp3) is 0.429. The lowest BCUT2D eigenvalue weighted by Crippen LogP contribution is -2.24. The van der Waals surface area contributed by atoms with Crippen molar-refractivity contribution < 1.29 is 13.6 Å². The molecule has 0 aliphatic rings. The molecule has 0 amide bonds. The first-order valence-electron chi connectivity index (χ1n) is 9.44. The second-order valence-corrected chi connectivity index (χ2v) is 11.1. The van der Waals surface area contributed by atoms with E-state index >= 15 is 0 Å². The van der Waals surface area contributed by atoms with Crippen LogP contribution < -0.4 is 10.6 Å². The molecule has 26 heavy (non-hydrogen) atoms. The highest BCUT2D eigenvalue weighted by molar-refractivity contribution is 7.83. The van der Waals surface area contributed by atoms with Gasteiger partial charge in [-0.05, 0) is 38.8 Å². The van der Waals surface area contributed by atoms with Crippen molar-refractivity contribution in [3.05, 3.63) is 60.7 Å². The highest BCUT2D eigenvalue weighted by atomic mass is 31.2. The number of hydrogen-bond donors (Lipinski definition) is 0. The molecule has 1 atom stereocenters. The number of benzene rings is 2. The summed E-state index contributed by atoms with van der Waals surface area (Å²) < 4.78 is 25.4. The Morgan fingerprint density at radius 3 is 1.69 bits per heavy atom. The molecule has 1 unspecified atom stereocenters. The summed E-state index contributed by atoms with van der Waals surface area (Å²) in [6.45, 7) is 6.72. The van der Waals surface area contributed by atoms with Crippen LogP contribution in [-0.2, 0) is 13.6 Å². The maximum Gasteiger partial charge on any atom is 0.338 e. The van der Waals surface area contributed by atoms with Gasteiger partial charge in [0.05, 0.1) is 18.6 Å². The van der Waals surface area contributed by atoms with Gasteiger partial charge in [0.1, 0.15) is 0 Å². The molecule has 0 heterocycles. The van der Waals surface area contributed by atoms with Crippen molar-refractivity contribution in [3.8, 4) is 0 Å². The van der Waals surface area contributed by atoms with E-state index < -0.39 is 15.5 Å². The molecule has 0 radical (unpaired) electrons. The Labute approximate surface area is 159 Å². The highest BCUT2D eigenvalue weighted by Gasteiger charge is 2.41. The molecule has 0 aliphatic heterocycles. The normalized spacial score (nSPS) is 13.1. The topological polar surface area (TPSA) is 35.5 Å². The van der Waals surface area contributed by atoms with Crippen LogP contribution in [0.2, 0.25) is 0 Å². The smallest absolute Gasteiger partial charge is 0.308 e. The van der Waals surface area contributed by atoms with E-state index in [0.717, 1.165) is 19.3 Å². The zero-order chi connectivity index (χ0) is 18.8. The van der Waals surface area contributed by atoms with Crippen molar-refractivity contribution in [2.45, 2.75) is 45.4 Å². The van der Waals surface area contributed by atoms with Crippen LogP contribution >= 0.6 is 15.5 Å². The zero-order valence-electron chi connectivity index (χ0n) is 16.0. The number of hydrogen-bond acceptors (Lipinski definition) is 3. The molecule has 2 rings (SSSR count). The summed E-state index contributed by atoms with van der Waals surface area (Å²) in [5, 5.41) is 2.30. The third kappa shape index (κ3) is 5.51. The molecule has 0 spiro atoms. The third-order valence-corrected chi connectivity index (χ3v) is 10.5. The minimum atomic E-state index is -3.22. The van der Waals surface area contributed by atoms with Crippen molar-refractivity contribution in [1.82, 2.24) is 0 Å². The van der Waals surface area contributed by atoms with E-state index in [-0.39, 0.29) is 5.40 Å². The first kappa shape index (κ1) is 21.3. The Morgan fingerprint density at radius 1 is 0.846 bits per heavy atom. The summed E-state index contributed by atoms with van der Waals surface area (Å²) in [6.07, 6.45) is 2.90. The maximum absolute atomic E-state index is 13.8. The van der Waals surface area contributed by atoms with Gasteiger partial charge in [-0.15, -0.1) is 0 Å². The molecule has 0 fully saturated rings. The molecule has 0 aromatic heterocycles. The summed E-state index contributed by atoms with van der Waals surface area (Å²) >= 11 is 0. The van der Waals surface area contributed by atoms with Gasteiger partial charge in [-0.3, -0.25) is 4.57 Å². The van der Waals surface area contributed by atoms with Gasteiger partial charge in [-0.1, -0.05) is 80.4 Å². The zero-order valence-corrected chi connectivity index (χ0v) is 17.8. The summed E-state index contributed by atoms with van der Waals surface area (Å²) in [5.41, 5.74) is 0. The fourth-order valence-corrected chi connectivity index (χ4v) is 9.44. The Kier molecular flexibility index (Phi) is 9.02. The molecule has 3 nitrogen and oxygen atoms in total. The lowest BCUT2D eigenvalue weighted by molar-refractivity contribution is 0.217. The highest BCUT2D eigenvalue weighted by Crippen LogP contribution is 2.65. The number of rotatable bonds is 11. The van der Waals surface area contributed by atoms with Gasteiger partial charge in [0.2, 0.25) is 0 Å². The quantitative estimate of drug-likeness (QED) is 0.447. The first-order valence-corrected chi connectivity index (χ1v) is 12.5. The van der Waals surface area contributed by atoms with E-state index in [0.29, 0.717) is 13.2 Å². The van der Waals surface area contributed by atoms with Crippen LogP contribution in [0, 0.1) is 0 Å². The predicted octanol–water partition coefficient (Wildman–Crippen LogP) is 5.90. The van der Waals surface area contributed by atoms with Gasteiger partial charge in [-0.25, -0.2) is 0 Å². The Morgan fingerprint density at radius 2 is 1.31 bits per heavy atom. The van der Waals surface area contributed by atoms with Crippen LogP contribution in [0.1, 0.15) is 40.0 Å². The van der Waals surface area contributed by atoms with Crippen LogP contribution in [0.4, 0.5) is 0 Å². The predicted molar refractivity (Wildman–Crippen MR) is 113 cm³/mol. The van der Waals surface area contributed by atoms with E-state index in [9.17, 15) is 4.57 Å². The van der Waals surface area contributed by atoms with E-state index in [1.54, 1.807) is 0 Å². The average molecular weight is 392 g/mol. The van der Waals surface area contributed by atoms with Gasteiger partial charge >= 0.3 is 7.60 Å². The molecule has 142 valence electrons. The minimum absolute atomic E-state index is 0.137. The molecular weight excluding hydrogens is 362 g/mol. The van der Waals surface area contributed by atoms with Crippen LogP contribution in [-0.4, -0.2) is 18.6 Å². The largest absolute Gasteiger partial charge is 0.338 e. The summed E-state index contributed by atoms with van der Waals surface area (Å²) in [6, 6.07) is 20.8. The van der Waals surface area contributed by atoms with Crippen molar-refractivity contribution in [2.24, 2.45) is 0 Å². The SMILES string of the molecule is CCCCC(P(c1ccccc1)c1ccccc1)P(=O)(OCC)OCC. The fourth-order valence-electron chi connectivity index (χ4n) is 3.05. The molecule has 2 aromatic rings. The van der Waals surface area contributed by atoms with Crippen LogP contribution in [0.3, 0.4) is 0 Å². The molecule has 0 saturated heterocycles. The maximum atomic E-state index is 13.8.